The number of ether oxygens (including phenoxy) is 1. The van der Waals surface area contributed by atoms with Crippen molar-refractivity contribution in [1.29, 1.82) is 5.41 Å². The third-order valence-corrected chi connectivity index (χ3v) is 3.64. The lowest BCUT2D eigenvalue weighted by Gasteiger charge is -2.22. The fraction of sp³-hybridized carbons (Fsp3) is 0.333. The number of likely N-dealkylation sites (N-methyl/N-ethyl adjacent to an activating group) is 1. The van der Waals surface area contributed by atoms with Gasteiger partial charge in [-0.25, -0.2) is 4.99 Å². The van der Waals surface area contributed by atoms with Crippen molar-refractivity contribution >= 4 is 35.2 Å². The van der Waals surface area contributed by atoms with Crippen molar-refractivity contribution in [1.82, 2.24) is 0 Å². The molecule has 4 N–H and O–H groups in total. The lowest BCUT2D eigenvalue weighted by molar-refractivity contribution is 0.250. The van der Waals surface area contributed by atoms with Gasteiger partial charge in [-0.1, -0.05) is 0 Å². The number of anilines is 1. The zero-order chi connectivity index (χ0) is 17.5. The van der Waals surface area contributed by atoms with Crippen LogP contribution in [0.4, 0.5) is 11.4 Å². The van der Waals surface area contributed by atoms with Crippen LogP contribution in [0.2, 0.25) is 0 Å². The topological polar surface area (TPSA) is 94.9 Å². The van der Waals surface area contributed by atoms with Gasteiger partial charge in [0.05, 0.1) is 36.0 Å². The number of aliphatic imine (C=N–C) groups is 1. The van der Waals surface area contributed by atoms with Crippen LogP contribution in [0.5, 0.6) is 0 Å². The van der Waals surface area contributed by atoms with Crippen LogP contribution in [-0.4, -0.2) is 42.8 Å². The van der Waals surface area contributed by atoms with Crippen LogP contribution < -0.4 is 10.6 Å². The highest BCUT2D eigenvalue weighted by Crippen LogP contribution is 2.22. The molecule has 1 aliphatic carbocycles. The third-order valence-electron chi connectivity index (χ3n) is 3.64. The van der Waals surface area contributed by atoms with E-state index in [1.165, 1.54) is 0 Å². The summed E-state index contributed by atoms with van der Waals surface area (Å²) in [4.78, 5) is 6.62. The van der Waals surface area contributed by atoms with Gasteiger partial charge in [-0.15, -0.1) is 12.4 Å². The predicted octanol–water partition coefficient (Wildman–Crippen LogP) is 2.80. The van der Waals surface area contributed by atoms with Crippen LogP contribution in [0.25, 0.3) is 0 Å². The highest BCUT2D eigenvalue weighted by atomic mass is 35.5. The molecule has 0 heterocycles. The summed E-state index contributed by atoms with van der Waals surface area (Å²) in [5.41, 5.74) is 9.07. The molecule has 0 amide bonds. The molecule has 2 rings (SSSR count). The molecule has 0 aliphatic heterocycles. The summed E-state index contributed by atoms with van der Waals surface area (Å²) in [6, 6.07) is 7.75. The summed E-state index contributed by atoms with van der Waals surface area (Å²) in [6.07, 6.45) is 3.25. The molecule has 0 bridgehead atoms. The van der Waals surface area contributed by atoms with Crippen LogP contribution in [-0.2, 0) is 4.74 Å². The molecule has 1 aromatic carbocycles. The summed E-state index contributed by atoms with van der Waals surface area (Å²) in [7, 11) is 0. The summed E-state index contributed by atoms with van der Waals surface area (Å²) < 4.78 is 5.43. The van der Waals surface area contributed by atoms with E-state index in [4.69, 9.17) is 21.0 Å². The summed E-state index contributed by atoms with van der Waals surface area (Å²) in [6.45, 7) is 5.95. The van der Waals surface area contributed by atoms with Gasteiger partial charge in [-0.3, -0.25) is 5.41 Å². The Balaban J connectivity index is 0.00000312. The van der Waals surface area contributed by atoms with Gasteiger partial charge in [-0.2, -0.15) is 0 Å². The zero-order valence-corrected chi connectivity index (χ0v) is 15.3. The van der Waals surface area contributed by atoms with Gasteiger partial charge in [0.1, 0.15) is 5.76 Å². The van der Waals surface area contributed by atoms with Crippen LogP contribution in [0.3, 0.4) is 0 Å². The van der Waals surface area contributed by atoms with Crippen LogP contribution >= 0.6 is 12.4 Å². The first-order valence-electron chi connectivity index (χ1n) is 8.04. The van der Waals surface area contributed by atoms with Crippen LogP contribution in [0.1, 0.15) is 13.8 Å². The Morgan fingerprint density at radius 2 is 1.88 bits per heavy atom. The van der Waals surface area contributed by atoms with Crippen molar-refractivity contribution < 1.29 is 9.84 Å². The lowest BCUT2D eigenvalue weighted by atomic mass is 10.1. The Labute approximate surface area is 154 Å². The highest BCUT2D eigenvalue weighted by Gasteiger charge is 2.15. The largest absolute Gasteiger partial charge is 0.492 e. The second-order valence-electron chi connectivity index (χ2n) is 5.27. The maximum absolute atomic E-state index is 9.10. The van der Waals surface area contributed by atoms with E-state index < -0.39 is 0 Å². The fourth-order valence-electron chi connectivity index (χ4n) is 2.43. The SMILES string of the molecule is CCOC1=CC(=Nc2ccc(N(CC)CCO)cc2)C(N)=CC1=N.Cl. The van der Waals surface area contributed by atoms with Gasteiger partial charge in [0.25, 0.3) is 0 Å². The molecule has 0 radical (unpaired) electrons. The van der Waals surface area contributed by atoms with E-state index in [0.29, 0.717) is 30.3 Å². The highest BCUT2D eigenvalue weighted by molar-refractivity contribution is 6.22. The van der Waals surface area contributed by atoms with E-state index in [0.717, 1.165) is 17.9 Å². The van der Waals surface area contributed by atoms with Gasteiger partial charge in [0, 0.05) is 24.9 Å². The van der Waals surface area contributed by atoms with Gasteiger partial charge >= 0.3 is 0 Å². The van der Waals surface area contributed by atoms with E-state index >= 15 is 0 Å². The van der Waals surface area contributed by atoms with Gasteiger partial charge in [0.2, 0.25) is 0 Å². The van der Waals surface area contributed by atoms with Crippen molar-refractivity contribution in [2.45, 2.75) is 13.8 Å². The first kappa shape index (κ1) is 20.7. The van der Waals surface area contributed by atoms with Crippen LogP contribution in [0, 0.1) is 5.41 Å². The summed E-state index contributed by atoms with van der Waals surface area (Å²) in [5.74, 6) is 0.474. The zero-order valence-electron chi connectivity index (χ0n) is 14.5. The normalized spacial score (nSPS) is 15.3. The fourth-order valence-corrected chi connectivity index (χ4v) is 2.43. The molecule has 0 unspecified atom stereocenters. The van der Waals surface area contributed by atoms with E-state index in [1.54, 1.807) is 12.2 Å². The van der Waals surface area contributed by atoms with Gasteiger partial charge in [0.15, 0.2) is 0 Å². The van der Waals surface area contributed by atoms with Crippen molar-refractivity contribution in [2.24, 2.45) is 10.7 Å². The minimum Gasteiger partial charge on any atom is -0.492 e. The number of nitrogens with two attached hydrogens (primary N) is 1. The van der Waals surface area contributed by atoms with Gasteiger partial charge < -0.3 is 20.5 Å². The molecule has 0 aromatic heterocycles. The van der Waals surface area contributed by atoms with Crippen molar-refractivity contribution in [3.05, 3.63) is 47.9 Å². The molecular weight excluding hydrogens is 340 g/mol. The molecule has 25 heavy (non-hydrogen) atoms. The second kappa shape index (κ2) is 9.86. The first-order chi connectivity index (χ1) is 11.6. The standard InChI is InChI=1S/C18H24N4O2.ClH/c1-3-22(9-10-23)14-7-5-13(6-8-14)21-17-12-18(24-4-2)16(20)11-15(17)19;/h5-8,11-12,20,23H,3-4,9-10,19H2,1-2H3;1H. The van der Waals surface area contributed by atoms with Crippen molar-refractivity contribution in [2.75, 3.05) is 31.2 Å². The maximum Gasteiger partial charge on any atom is 0.146 e. The quantitative estimate of drug-likeness (QED) is 0.648. The molecule has 0 spiro atoms. The Bertz CT molecular complexity index is 681. The Hall–Kier alpha value is -2.31. The number of rotatable bonds is 7. The number of nitrogens with zero attached hydrogens (tertiary/aromatic N) is 2. The number of benzene rings is 1. The predicted molar refractivity (Wildman–Crippen MR) is 105 cm³/mol. The average Bonchev–Trinajstić information content (AvgIpc) is 2.58. The minimum atomic E-state index is 0. The molecule has 0 saturated heterocycles. The number of aliphatic hydroxyl groups is 1. The third kappa shape index (κ3) is 5.34. The molecule has 0 saturated carbocycles. The number of hydrogen-bond acceptors (Lipinski definition) is 6. The number of nitrogens with one attached hydrogen (secondary N) is 1. The maximum atomic E-state index is 9.10. The molecular formula is C18H25ClN4O2. The molecule has 0 atom stereocenters. The Kier molecular flexibility index (Phi) is 8.18. The number of allylic oxidation sites excluding steroid dienone is 2. The Morgan fingerprint density at radius 3 is 2.44 bits per heavy atom. The number of halogens is 1. The van der Waals surface area contributed by atoms with E-state index in [1.807, 2.05) is 38.1 Å². The Morgan fingerprint density at radius 1 is 1.20 bits per heavy atom. The molecule has 0 fully saturated rings. The van der Waals surface area contributed by atoms with Crippen LogP contribution in [0.15, 0.2) is 52.9 Å². The number of hydrogen-bond donors (Lipinski definition) is 3. The van der Waals surface area contributed by atoms with Crippen molar-refractivity contribution in [3.8, 4) is 0 Å². The van der Waals surface area contributed by atoms with E-state index in [9.17, 15) is 0 Å². The van der Waals surface area contributed by atoms with E-state index in [-0.39, 0.29) is 24.7 Å². The molecule has 1 aromatic rings. The van der Waals surface area contributed by atoms with Gasteiger partial charge in [-0.05, 0) is 44.2 Å². The summed E-state index contributed by atoms with van der Waals surface area (Å²) in [5, 5.41) is 17.0. The first-order valence-corrected chi connectivity index (χ1v) is 8.04. The molecule has 1 aliphatic rings. The van der Waals surface area contributed by atoms with E-state index in [2.05, 4.69) is 9.89 Å². The molecule has 136 valence electrons. The second-order valence-corrected chi connectivity index (χ2v) is 5.27. The van der Waals surface area contributed by atoms with Crippen molar-refractivity contribution in [3.63, 3.8) is 0 Å². The monoisotopic (exact) mass is 364 g/mol. The lowest BCUT2D eigenvalue weighted by Crippen LogP contribution is -2.25. The summed E-state index contributed by atoms with van der Waals surface area (Å²) >= 11 is 0. The average molecular weight is 365 g/mol. The smallest absolute Gasteiger partial charge is 0.146 e. The number of aliphatic hydroxyl groups excluding tert-OH is 1. The molecule has 7 heteroatoms. The minimum absolute atomic E-state index is 0. The molecule has 6 nitrogen and oxygen atoms in total.